The summed E-state index contributed by atoms with van der Waals surface area (Å²) in [4.78, 5) is 11.8. The van der Waals surface area contributed by atoms with E-state index in [0.29, 0.717) is 15.7 Å². The van der Waals surface area contributed by atoms with Crippen molar-refractivity contribution >= 4 is 34.9 Å². The van der Waals surface area contributed by atoms with Crippen molar-refractivity contribution in [1.29, 1.82) is 0 Å². The number of carbonyl (C=O) groups excluding carboxylic acids is 1. The summed E-state index contributed by atoms with van der Waals surface area (Å²) < 4.78 is 5.52. The number of carbonyl (C=O) groups is 1. The third-order valence-electron chi connectivity index (χ3n) is 3.06. The molecule has 0 spiro atoms. The summed E-state index contributed by atoms with van der Waals surface area (Å²) in [5, 5.41) is 6.44. The van der Waals surface area contributed by atoms with Gasteiger partial charge in [-0.2, -0.15) is 0 Å². The Bertz CT molecular complexity index is 462. The molecule has 2 amide bonds. The molecule has 2 unspecified atom stereocenters. The van der Waals surface area contributed by atoms with E-state index in [1.165, 1.54) is 0 Å². The Morgan fingerprint density at radius 1 is 1.42 bits per heavy atom. The minimum absolute atomic E-state index is 0.0229. The van der Waals surface area contributed by atoms with Gasteiger partial charge in [0.25, 0.3) is 0 Å². The molecule has 0 radical (unpaired) electrons. The molecule has 0 saturated carbocycles. The van der Waals surface area contributed by atoms with E-state index >= 15 is 0 Å². The molecule has 2 rings (SSSR count). The van der Waals surface area contributed by atoms with Gasteiger partial charge < -0.3 is 15.4 Å². The fourth-order valence-electron chi connectivity index (χ4n) is 2.04. The minimum atomic E-state index is -0.276. The maximum atomic E-state index is 11.8. The molecular weight excluding hydrogens is 287 g/mol. The van der Waals surface area contributed by atoms with Crippen molar-refractivity contribution in [1.82, 2.24) is 5.32 Å². The molecule has 1 aliphatic rings. The Kier molecular flexibility index (Phi) is 4.91. The minimum Gasteiger partial charge on any atom is -0.376 e. The topological polar surface area (TPSA) is 50.4 Å². The first-order valence-corrected chi connectivity index (χ1v) is 6.96. The van der Waals surface area contributed by atoms with E-state index in [4.69, 9.17) is 27.9 Å². The number of amides is 2. The maximum Gasteiger partial charge on any atom is 0.319 e. The normalized spacial score (nSPS) is 20.1. The van der Waals surface area contributed by atoms with Gasteiger partial charge in [0.15, 0.2) is 0 Å². The highest BCUT2D eigenvalue weighted by Gasteiger charge is 2.23. The molecule has 0 bridgehead atoms. The van der Waals surface area contributed by atoms with Gasteiger partial charge in [-0.3, -0.25) is 0 Å². The number of halogens is 2. The smallest absolute Gasteiger partial charge is 0.319 e. The highest BCUT2D eigenvalue weighted by Crippen LogP contribution is 2.25. The largest absolute Gasteiger partial charge is 0.376 e. The standard InChI is InChI=1S/C13H16Cl2N2O2/c1-8(12-3-2-6-19-12)16-13(18)17-9-4-5-10(14)11(15)7-9/h4-5,7-8,12H,2-3,6H2,1H3,(H2,16,17,18). The van der Waals surface area contributed by atoms with Crippen molar-refractivity contribution in [2.75, 3.05) is 11.9 Å². The lowest BCUT2D eigenvalue weighted by molar-refractivity contribution is 0.0868. The van der Waals surface area contributed by atoms with Crippen molar-refractivity contribution < 1.29 is 9.53 Å². The van der Waals surface area contributed by atoms with Crippen molar-refractivity contribution in [3.63, 3.8) is 0 Å². The van der Waals surface area contributed by atoms with E-state index in [1.54, 1.807) is 18.2 Å². The van der Waals surface area contributed by atoms with Crippen LogP contribution < -0.4 is 10.6 Å². The monoisotopic (exact) mass is 302 g/mol. The number of urea groups is 1. The quantitative estimate of drug-likeness (QED) is 0.895. The van der Waals surface area contributed by atoms with Gasteiger partial charge in [0.05, 0.1) is 22.2 Å². The third kappa shape index (κ3) is 4.00. The summed E-state index contributed by atoms with van der Waals surface area (Å²) in [5.74, 6) is 0. The van der Waals surface area contributed by atoms with Crippen LogP contribution >= 0.6 is 23.2 Å². The maximum absolute atomic E-state index is 11.8. The van der Waals surface area contributed by atoms with Gasteiger partial charge in [0.2, 0.25) is 0 Å². The van der Waals surface area contributed by atoms with Crippen LogP contribution in [0, 0.1) is 0 Å². The summed E-state index contributed by atoms with van der Waals surface area (Å²) in [6.07, 6.45) is 2.12. The summed E-state index contributed by atoms with van der Waals surface area (Å²) in [6, 6.07) is 4.65. The van der Waals surface area contributed by atoms with Crippen molar-refractivity contribution in [3.8, 4) is 0 Å². The zero-order valence-corrected chi connectivity index (χ0v) is 12.1. The predicted molar refractivity (Wildman–Crippen MR) is 77.1 cm³/mol. The van der Waals surface area contributed by atoms with Crippen molar-refractivity contribution in [2.24, 2.45) is 0 Å². The van der Waals surface area contributed by atoms with Crippen LogP contribution in [0.5, 0.6) is 0 Å². The van der Waals surface area contributed by atoms with Gasteiger partial charge in [-0.05, 0) is 38.0 Å². The number of ether oxygens (including phenoxy) is 1. The Hall–Kier alpha value is -0.970. The lowest BCUT2D eigenvalue weighted by Gasteiger charge is -2.20. The van der Waals surface area contributed by atoms with Crippen molar-refractivity contribution in [2.45, 2.75) is 31.9 Å². The molecule has 2 N–H and O–H groups in total. The van der Waals surface area contributed by atoms with Crippen LogP contribution in [0.25, 0.3) is 0 Å². The Labute approximate surface area is 122 Å². The lowest BCUT2D eigenvalue weighted by atomic mass is 10.1. The fourth-order valence-corrected chi connectivity index (χ4v) is 2.34. The van der Waals surface area contributed by atoms with Gasteiger partial charge in [-0.25, -0.2) is 4.79 Å². The number of anilines is 1. The summed E-state index contributed by atoms with van der Waals surface area (Å²) in [6.45, 7) is 2.70. The molecule has 19 heavy (non-hydrogen) atoms. The molecule has 4 nitrogen and oxygen atoms in total. The second-order valence-electron chi connectivity index (χ2n) is 4.57. The molecule has 1 saturated heterocycles. The molecule has 1 heterocycles. The molecule has 2 atom stereocenters. The number of hydrogen-bond acceptors (Lipinski definition) is 2. The van der Waals surface area contributed by atoms with E-state index < -0.39 is 0 Å². The van der Waals surface area contributed by atoms with Crippen LogP contribution in [0.2, 0.25) is 10.0 Å². The second-order valence-corrected chi connectivity index (χ2v) is 5.38. The summed E-state index contributed by atoms with van der Waals surface area (Å²) in [5.41, 5.74) is 0.603. The summed E-state index contributed by atoms with van der Waals surface area (Å²) in [7, 11) is 0. The molecule has 0 aromatic heterocycles. The molecule has 1 fully saturated rings. The van der Waals surface area contributed by atoms with E-state index in [9.17, 15) is 4.79 Å². The van der Waals surface area contributed by atoms with Crippen LogP contribution in [0.4, 0.5) is 10.5 Å². The zero-order chi connectivity index (χ0) is 13.8. The number of rotatable bonds is 3. The van der Waals surface area contributed by atoms with Crippen LogP contribution in [0.15, 0.2) is 18.2 Å². The highest BCUT2D eigenvalue weighted by atomic mass is 35.5. The average molecular weight is 303 g/mol. The SMILES string of the molecule is CC(NC(=O)Nc1ccc(Cl)c(Cl)c1)C1CCCO1. The molecule has 104 valence electrons. The number of hydrogen-bond donors (Lipinski definition) is 2. The van der Waals surface area contributed by atoms with Crippen LogP contribution in [-0.2, 0) is 4.74 Å². The molecule has 1 aliphatic heterocycles. The Morgan fingerprint density at radius 2 is 2.21 bits per heavy atom. The van der Waals surface area contributed by atoms with Crippen LogP contribution in [0.1, 0.15) is 19.8 Å². The van der Waals surface area contributed by atoms with Gasteiger partial charge in [0, 0.05) is 12.3 Å². The second kappa shape index (κ2) is 6.46. The first-order valence-electron chi connectivity index (χ1n) is 6.20. The molecular formula is C13H16Cl2N2O2. The van der Waals surface area contributed by atoms with Crippen LogP contribution in [0.3, 0.4) is 0 Å². The zero-order valence-electron chi connectivity index (χ0n) is 10.6. The van der Waals surface area contributed by atoms with Gasteiger partial charge in [-0.15, -0.1) is 0 Å². The molecule has 1 aromatic rings. The van der Waals surface area contributed by atoms with Gasteiger partial charge >= 0.3 is 6.03 Å². The lowest BCUT2D eigenvalue weighted by Crippen LogP contribution is -2.42. The molecule has 1 aromatic carbocycles. The van der Waals surface area contributed by atoms with E-state index in [-0.39, 0.29) is 18.2 Å². The molecule has 0 aliphatic carbocycles. The average Bonchev–Trinajstić information content (AvgIpc) is 2.87. The Balaban J connectivity index is 1.88. The number of benzene rings is 1. The number of nitrogens with one attached hydrogen (secondary N) is 2. The third-order valence-corrected chi connectivity index (χ3v) is 3.80. The predicted octanol–water partition coefficient (Wildman–Crippen LogP) is 3.68. The molecule has 6 heteroatoms. The first kappa shape index (κ1) is 14.4. The van der Waals surface area contributed by atoms with Crippen LogP contribution in [-0.4, -0.2) is 24.8 Å². The van der Waals surface area contributed by atoms with Gasteiger partial charge in [0.1, 0.15) is 0 Å². The van der Waals surface area contributed by atoms with Gasteiger partial charge in [-0.1, -0.05) is 23.2 Å². The summed E-state index contributed by atoms with van der Waals surface area (Å²) >= 11 is 11.7. The Morgan fingerprint density at radius 3 is 2.84 bits per heavy atom. The van der Waals surface area contributed by atoms with E-state index in [1.807, 2.05) is 6.92 Å². The first-order chi connectivity index (χ1) is 9.06. The van der Waals surface area contributed by atoms with E-state index in [0.717, 1.165) is 19.4 Å². The van der Waals surface area contributed by atoms with E-state index in [2.05, 4.69) is 10.6 Å². The van der Waals surface area contributed by atoms with Crippen molar-refractivity contribution in [3.05, 3.63) is 28.2 Å². The fraction of sp³-hybridized carbons (Fsp3) is 0.462. The highest BCUT2D eigenvalue weighted by molar-refractivity contribution is 6.42.